The van der Waals surface area contributed by atoms with Gasteiger partial charge in [0.25, 0.3) is 0 Å². The van der Waals surface area contributed by atoms with Gasteiger partial charge >= 0.3 is 0 Å². The highest BCUT2D eigenvalue weighted by atomic mass is 35.5. The van der Waals surface area contributed by atoms with Gasteiger partial charge in [0.15, 0.2) is 0 Å². The summed E-state index contributed by atoms with van der Waals surface area (Å²) in [6.07, 6.45) is 7.79. The molecule has 2 heteroatoms. The van der Waals surface area contributed by atoms with Crippen molar-refractivity contribution in [2.24, 2.45) is 5.41 Å². The predicted molar refractivity (Wildman–Crippen MR) is 81.7 cm³/mol. The zero-order chi connectivity index (χ0) is 13.5. The number of hydrogen-bond acceptors (Lipinski definition) is 1. The minimum atomic E-state index is 0.511. The first-order valence-corrected chi connectivity index (χ1v) is 7.96. The van der Waals surface area contributed by atoms with Crippen molar-refractivity contribution in [2.45, 2.75) is 64.5 Å². The van der Waals surface area contributed by atoms with Crippen molar-refractivity contribution in [3.8, 4) is 0 Å². The second-order valence-electron chi connectivity index (χ2n) is 7.06. The first-order chi connectivity index (χ1) is 9.03. The number of benzene rings is 1. The van der Waals surface area contributed by atoms with Gasteiger partial charge in [-0.3, -0.25) is 0 Å². The molecule has 0 radical (unpaired) electrons. The molecule has 104 valence electrons. The summed E-state index contributed by atoms with van der Waals surface area (Å²) in [5, 5.41) is 4.78. The Balaban J connectivity index is 1.69. The summed E-state index contributed by atoms with van der Waals surface area (Å²) >= 11 is 6.08. The molecule has 0 spiro atoms. The second kappa shape index (κ2) is 5.10. The van der Waals surface area contributed by atoms with Crippen LogP contribution in [0.4, 0.5) is 0 Å². The molecule has 1 N–H and O–H groups in total. The highest BCUT2D eigenvalue weighted by Crippen LogP contribution is 2.38. The van der Waals surface area contributed by atoms with Gasteiger partial charge in [-0.05, 0) is 60.8 Å². The highest BCUT2D eigenvalue weighted by Gasteiger charge is 2.31. The van der Waals surface area contributed by atoms with Gasteiger partial charge in [-0.15, -0.1) is 0 Å². The summed E-state index contributed by atoms with van der Waals surface area (Å²) in [5.41, 5.74) is 3.44. The van der Waals surface area contributed by atoms with E-state index in [-0.39, 0.29) is 0 Å². The third kappa shape index (κ3) is 2.98. The lowest BCUT2D eigenvalue weighted by atomic mass is 9.75. The topological polar surface area (TPSA) is 12.0 Å². The van der Waals surface area contributed by atoms with Gasteiger partial charge in [0, 0.05) is 17.1 Å². The van der Waals surface area contributed by atoms with Crippen LogP contribution in [0.15, 0.2) is 18.2 Å². The molecule has 2 aliphatic carbocycles. The van der Waals surface area contributed by atoms with E-state index in [1.807, 2.05) is 6.07 Å². The first kappa shape index (κ1) is 13.5. The van der Waals surface area contributed by atoms with Gasteiger partial charge in [-0.25, -0.2) is 0 Å². The average molecular weight is 278 g/mol. The molecule has 0 aliphatic heterocycles. The molecule has 2 unspecified atom stereocenters. The van der Waals surface area contributed by atoms with Crippen molar-refractivity contribution in [2.75, 3.05) is 0 Å². The Kier molecular flexibility index (Phi) is 3.61. The third-order valence-corrected chi connectivity index (χ3v) is 5.06. The van der Waals surface area contributed by atoms with E-state index in [0.29, 0.717) is 17.5 Å². The minimum absolute atomic E-state index is 0.511. The van der Waals surface area contributed by atoms with Crippen LogP contribution in [0.3, 0.4) is 0 Å². The zero-order valence-electron chi connectivity index (χ0n) is 12.0. The molecule has 1 saturated carbocycles. The lowest BCUT2D eigenvalue weighted by molar-refractivity contribution is 0.189. The molecule has 0 bridgehead atoms. The van der Waals surface area contributed by atoms with Crippen LogP contribution in [0.1, 0.15) is 63.1 Å². The standard InChI is InChI=1S/C17H24ClN/c1-17(2)9-3-4-14(11-17)19-16-8-5-12-10-13(18)6-7-15(12)16/h6-7,10,14,16,19H,3-5,8-9,11H2,1-2H3. The van der Waals surface area contributed by atoms with E-state index in [1.165, 1.54) is 49.7 Å². The van der Waals surface area contributed by atoms with Gasteiger partial charge in [0.2, 0.25) is 0 Å². The molecular weight excluding hydrogens is 254 g/mol. The quantitative estimate of drug-likeness (QED) is 0.812. The number of aryl methyl sites for hydroxylation is 1. The molecule has 0 heterocycles. The number of hydrogen-bond donors (Lipinski definition) is 1. The van der Waals surface area contributed by atoms with E-state index < -0.39 is 0 Å². The fourth-order valence-corrected chi connectivity index (χ4v) is 4.08. The monoisotopic (exact) mass is 277 g/mol. The maximum atomic E-state index is 6.08. The summed E-state index contributed by atoms with van der Waals surface area (Å²) < 4.78 is 0. The van der Waals surface area contributed by atoms with Crippen LogP contribution < -0.4 is 5.32 Å². The molecule has 2 aliphatic rings. The molecule has 0 saturated heterocycles. The Hall–Kier alpha value is -0.530. The largest absolute Gasteiger partial charge is 0.307 e. The normalized spacial score (nSPS) is 29.2. The van der Waals surface area contributed by atoms with E-state index in [9.17, 15) is 0 Å². The zero-order valence-corrected chi connectivity index (χ0v) is 12.8. The lowest BCUT2D eigenvalue weighted by Crippen LogP contribution is -2.38. The average Bonchev–Trinajstić information content (AvgIpc) is 2.70. The number of rotatable bonds is 2. The van der Waals surface area contributed by atoms with E-state index in [0.717, 1.165) is 5.02 Å². The van der Waals surface area contributed by atoms with Gasteiger partial charge in [-0.2, -0.15) is 0 Å². The summed E-state index contributed by atoms with van der Waals surface area (Å²) in [6.45, 7) is 4.81. The third-order valence-electron chi connectivity index (χ3n) is 4.82. The van der Waals surface area contributed by atoms with E-state index in [4.69, 9.17) is 11.6 Å². The van der Waals surface area contributed by atoms with Gasteiger partial charge in [0.05, 0.1) is 0 Å². The van der Waals surface area contributed by atoms with Crippen LogP contribution >= 0.6 is 11.6 Å². The minimum Gasteiger partial charge on any atom is -0.307 e. The first-order valence-electron chi connectivity index (χ1n) is 7.58. The molecule has 19 heavy (non-hydrogen) atoms. The molecule has 2 atom stereocenters. The van der Waals surface area contributed by atoms with E-state index in [2.05, 4.69) is 31.3 Å². The SMILES string of the molecule is CC1(C)CCCC(NC2CCc3cc(Cl)ccc32)C1. The number of fused-ring (bicyclic) bond motifs is 1. The highest BCUT2D eigenvalue weighted by molar-refractivity contribution is 6.30. The van der Waals surface area contributed by atoms with Crippen LogP contribution in [0.25, 0.3) is 0 Å². The van der Waals surface area contributed by atoms with Crippen molar-refractivity contribution in [1.29, 1.82) is 0 Å². The number of nitrogens with one attached hydrogen (secondary N) is 1. The Morgan fingerprint density at radius 1 is 1.26 bits per heavy atom. The van der Waals surface area contributed by atoms with Gasteiger partial charge in [-0.1, -0.05) is 37.9 Å². The Morgan fingerprint density at radius 3 is 2.89 bits per heavy atom. The molecular formula is C17H24ClN. The Labute approximate surface area is 121 Å². The van der Waals surface area contributed by atoms with Crippen molar-refractivity contribution < 1.29 is 0 Å². The molecule has 1 fully saturated rings. The van der Waals surface area contributed by atoms with Crippen LogP contribution in [-0.2, 0) is 6.42 Å². The molecule has 0 aromatic heterocycles. The van der Waals surface area contributed by atoms with E-state index in [1.54, 1.807) is 0 Å². The molecule has 1 aromatic carbocycles. The lowest BCUT2D eigenvalue weighted by Gasteiger charge is -2.37. The Morgan fingerprint density at radius 2 is 2.11 bits per heavy atom. The van der Waals surface area contributed by atoms with Crippen molar-refractivity contribution in [3.63, 3.8) is 0 Å². The van der Waals surface area contributed by atoms with Crippen molar-refractivity contribution >= 4 is 11.6 Å². The Bertz CT molecular complexity index is 466. The number of halogens is 1. The molecule has 1 nitrogen and oxygen atoms in total. The molecule has 0 amide bonds. The summed E-state index contributed by atoms with van der Waals surface area (Å²) in [7, 11) is 0. The summed E-state index contributed by atoms with van der Waals surface area (Å²) in [6, 6.07) is 7.63. The maximum absolute atomic E-state index is 6.08. The fraction of sp³-hybridized carbons (Fsp3) is 0.647. The second-order valence-corrected chi connectivity index (χ2v) is 7.49. The van der Waals surface area contributed by atoms with E-state index >= 15 is 0 Å². The maximum Gasteiger partial charge on any atom is 0.0408 e. The molecule has 1 aromatic rings. The smallest absolute Gasteiger partial charge is 0.0408 e. The van der Waals surface area contributed by atoms with Crippen LogP contribution in [0, 0.1) is 5.41 Å². The van der Waals surface area contributed by atoms with Crippen molar-refractivity contribution in [3.05, 3.63) is 34.3 Å². The van der Waals surface area contributed by atoms with Crippen LogP contribution in [0.5, 0.6) is 0 Å². The fourth-order valence-electron chi connectivity index (χ4n) is 3.88. The summed E-state index contributed by atoms with van der Waals surface area (Å²) in [4.78, 5) is 0. The van der Waals surface area contributed by atoms with Crippen molar-refractivity contribution in [1.82, 2.24) is 5.32 Å². The van der Waals surface area contributed by atoms with Crippen LogP contribution in [0.2, 0.25) is 5.02 Å². The summed E-state index contributed by atoms with van der Waals surface area (Å²) in [5.74, 6) is 0. The van der Waals surface area contributed by atoms with Gasteiger partial charge < -0.3 is 5.32 Å². The molecule has 3 rings (SSSR count). The van der Waals surface area contributed by atoms with Gasteiger partial charge in [0.1, 0.15) is 0 Å². The van der Waals surface area contributed by atoms with Crippen LogP contribution in [-0.4, -0.2) is 6.04 Å². The predicted octanol–water partition coefficient (Wildman–Crippen LogP) is 4.89.